The van der Waals surface area contributed by atoms with Crippen LogP contribution in [0.5, 0.6) is 5.75 Å². The molecule has 86 valence electrons. The van der Waals surface area contributed by atoms with Gasteiger partial charge in [-0.2, -0.15) is 10.1 Å². The lowest BCUT2D eigenvalue weighted by molar-refractivity contribution is 0.294. The first-order valence-electron chi connectivity index (χ1n) is 4.75. The third-order valence-electron chi connectivity index (χ3n) is 1.99. The number of hydrogen-bond donors (Lipinski definition) is 0. The Kier molecular flexibility index (Phi) is 3.21. The van der Waals surface area contributed by atoms with Gasteiger partial charge in [0.05, 0.1) is 12.1 Å². The molecule has 0 atom stereocenters. The number of nitrogens with zero attached hydrogens (tertiary/aromatic N) is 5. The second-order valence-electron chi connectivity index (χ2n) is 3.21. The van der Waals surface area contributed by atoms with Gasteiger partial charge in [0.2, 0.25) is 5.82 Å². The standard InChI is InChI=1S/C10H8ClN5O/c1-16-14-10(13-15-16)6-17-9-4-2-3-8(11)7(9)5-12/h2-4H,6H2,1H3. The molecule has 1 heterocycles. The number of halogens is 1. The third-order valence-corrected chi connectivity index (χ3v) is 2.31. The summed E-state index contributed by atoms with van der Waals surface area (Å²) in [5.41, 5.74) is 0.304. The summed E-state index contributed by atoms with van der Waals surface area (Å²) in [5.74, 6) is 0.851. The fourth-order valence-electron chi connectivity index (χ4n) is 1.26. The van der Waals surface area contributed by atoms with Crippen molar-refractivity contribution in [2.75, 3.05) is 0 Å². The Bertz CT molecular complexity index is 574. The van der Waals surface area contributed by atoms with Gasteiger partial charge in [0.15, 0.2) is 6.61 Å². The Balaban J connectivity index is 2.14. The molecule has 17 heavy (non-hydrogen) atoms. The Morgan fingerprint density at radius 2 is 2.35 bits per heavy atom. The van der Waals surface area contributed by atoms with Gasteiger partial charge in [0.25, 0.3) is 0 Å². The quantitative estimate of drug-likeness (QED) is 0.820. The van der Waals surface area contributed by atoms with Crippen LogP contribution in [0.4, 0.5) is 0 Å². The lowest BCUT2D eigenvalue weighted by Gasteiger charge is -2.05. The average Bonchev–Trinajstić information content (AvgIpc) is 2.72. The first kappa shape index (κ1) is 11.4. The summed E-state index contributed by atoms with van der Waals surface area (Å²) in [4.78, 5) is 1.34. The summed E-state index contributed by atoms with van der Waals surface area (Å²) in [6.07, 6.45) is 0. The van der Waals surface area contributed by atoms with E-state index in [9.17, 15) is 0 Å². The number of aryl methyl sites for hydroxylation is 1. The molecule has 7 heteroatoms. The van der Waals surface area contributed by atoms with Crippen molar-refractivity contribution in [3.63, 3.8) is 0 Å². The van der Waals surface area contributed by atoms with Gasteiger partial charge in [0.1, 0.15) is 17.4 Å². The molecule has 0 saturated heterocycles. The van der Waals surface area contributed by atoms with E-state index in [1.54, 1.807) is 25.2 Å². The number of tetrazole rings is 1. The van der Waals surface area contributed by atoms with E-state index in [1.165, 1.54) is 4.80 Å². The minimum Gasteiger partial charge on any atom is -0.484 e. The zero-order valence-electron chi connectivity index (χ0n) is 8.96. The molecule has 0 spiro atoms. The Hall–Kier alpha value is -2.13. The molecule has 0 saturated carbocycles. The van der Waals surface area contributed by atoms with Gasteiger partial charge >= 0.3 is 0 Å². The van der Waals surface area contributed by atoms with Gasteiger partial charge in [-0.15, -0.1) is 10.2 Å². The van der Waals surface area contributed by atoms with E-state index in [0.717, 1.165) is 0 Å². The van der Waals surface area contributed by atoms with Crippen LogP contribution in [-0.2, 0) is 13.7 Å². The molecule has 0 aliphatic heterocycles. The summed E-state index contributed by atoms with van der Waals surface area (Å²) in [7, 11) is 1.66. The highest BCUT2D eigenvalue weighted by atomic mass is 35.5. The van der Waals surface area contributed by atoms with E-state index in [1.807, 2.05) is 6.07 Å². The van der Waals surface area contributed by atoms with Gasteiger partial charge in [0, 0.05) is 0 Å². The van der Waals surface area contributed by atoms with E-state index >= 15 is 0 Å². The van der Waals surface area contributed by atoms with Crippen molar-refractivity contribution in [2.45, 2.75) is 6.61 Å². The van der Waals surface area contributed by atoms with E-state index in [4.69, 9.17) is 21.6 Å². The van der Waals surface area contributed by atoms with Gasteiger partial charge < -0.3 is 4.74 Å². The van der Waals surface area contributed by atoms with Crippen LogP contribution in [0.1, 0.15) is 11.4 Å². The maximum absolute atomic E-state index is 8.94. The predicted molar refractivity (Wildman–Crippen MR) is 59.3 cm³/mol. The van der Waals surface area contributed by atoms with Crippen LogP contribution < -0.4 is 4.74 Å². The summed E-state index contributed by atoms with van der Waals surface area (Å²) in [6, 6.07) is 7.00. The fourth-order valence-corrected chi connectivity index (χ4v) is 1.46. The topological polar surface area (TPSA) is 76.6 Å². The van der Waals surface area contributed by atoms with Crippen LogP contribution in [0.3, 0.4) is 0 Å². The molecule has 0 aliphatic rings. The molecule has 0 bridgehead atoms. The van der Waals surface area contributed by atoms with Gasteiger partial charge in [-0.1, -0.05) is 17.7 Å². The highest BCUT2D eigenvalue weighted by Gasteiger charge is 2.09. The van der Waals surface area contributed by atoms with Crippen molar-refractivity contribution in [2.24, 2.45) is 7.05 Å². The van der Waals surface area contributed by atoms with Gasteiger partial charge in [-0.05, 0) is 17.3 Å². The highest BCUT2D eigenvalue weighted by molar-refractivity contribution is 6.31. The van der Waals surface area contributed by atoms with Crippen LogP contribution in [0, 0.1) is 11.3 Å². The normalized spacial score (nSPS) is 9.94. The fraction of sp³-hybridized carbons (Fsp3) is 0.200. The molecular formula is C10H8ClN5O. The molecule has 1 aromatic carbocycles. The van der Waals surface area contributed by atoms with Crippen molar-refractivity contribution in [3.05, 3.63) is 34.6 Å². The minimum atomic E-state index is 0.142. The van der Waals surface area contributed by atoms with Crippen LogP contribution in [-0.4, -0.2) is 20.2 Å². The number of hydrogen-bond acceptors (Lipinski definition) is 5. The first-order chi connectivity index (χ1) is 8.20. The second-order valence-corrected chi connectivity index (χ2v) is 3.62. The number of nitriles is 1. The van der Waals surface area contributed by atoms with E-state index in [-0.39, 0.29) is 6.61 Å². The van der Waals surface area contributed by atoms with Crippen LogP contribution in [0.15, 0.2) is 18.2 Å². The second kappa shape index (κ2) is 4.80. The molecule has 2 aromatic rings. The Labute approximate surface area is 102 Å². The molecule has 0 N–H and O–H groups in total. The molecule has 0 fully saturated rings. The number of aromatic nitrogens is 4. The summed E-state index contributed by atoms with van der Waals surface area (Å²) in [6.45, 7) is 0.142. The number of ether oxygens (including phenoxy) is 1. The lowest BCUT2D eigenvalue weighted by Crippen LogP contribution is -2.00. The summed E-state index contributed by atoms with van der Waals surface area (Å²) < 4.78 is 5.42. The summed E-state index contributed by atoms with van der Waals surface area (Å²) >= 11 is 5.87. The first-order valence-corrected chi connectivity index (χ1v) is 5.13. The van der Waals surface area contributed by atoms with Crippen LogP contribution in [0.25, 0.3) is 0 Å². The number of rotatable bonds is 3. The molecule has 0 aliphatic carbocycles. The predicted octanol–water partition coefficient (Wildman–Crippen LogP) is 1.31. The van der Waals surface area contributed by atoms with E-state index in [2.05, 4.69) is 15.4 Å². The maximum atomic E-state index is 8.94. The maximum Gasteiger partial charge on any atom is 0.212 e. The van der Waals surface area contributed by atoms with Crippen molar-refractivity contribution < 1.29 is 4.74 Å². The largest absolute Gasteiger partial charge is 0.484 e. The number of benzene rings is 1. The SMILES string of the molecule is Cn1nnc(COc2cccc(Cl)c2C#N)n1. The van der Waals surface area contributed by atoms with Crippen molar-refractivity contribution >= 4 is 11.6 Å². The molecule has 0 unspecified atom stereocenters. The smallest absolute Gasteiger partial charge is 0.212 e. The zero-order chi connectivity index (χ0) is 12.3. The van der Waals surface area contributed by atoms with E-state index < -0.39 is 0 Å². The molecule has 1 aromatic heterocycles. The van der Waals surface area contributed by atoms with Gasteiger partial charge in [-0.3, -0.25) is 0 Å². The molecule has 0 radical (unpaired) electrons. The third kappa shape index (κ3) is 2.52. The lowest BCUT2D eigenvalue weighted by atomic mass is 10.2. The minimum absolute atomic E-state index is 0.142. The molecule has 2 rings (SSSR count). The Morgan fingerprint density at radius 1 is 1.53 bits per heavy atom. The van der Waals surface area contributed by atoms with E-state index in [0.29, 0.717) is 22.2 Å². The monoisotopic (exact) mass is 249 g/mol. The highest BCUT2D eigenvalue weighted by Crippen LogP contribution is 2.25. The van der Waals surface area contributed by atoms with Crippen LogP contribution >= 0.6 is 11.6 Å². The van der Waals surface area contributed by atoms with Crippen molar-refractivity contribution in [1.82, 2.24) is 20.2 Å². The molecule has 6 nitrogen and oxygen atoms in total. The summed E-state index contributed by atoms with van der Waals surface area (Å²) in [5, 5.41) is 20.7. The van der Waals surface area contributed by atoms with Crippen LogP contribution in [0.2, 0.25) is 5.02 Å². The van der Waals surface area contributed by atoms with Gasteiger partial charge in [-0.25, -0.2) is 0 Å². The average molecular weight is 250 g/mol. The van der Waals surface area contributed by atoms with Crippen molar-refractivity contribution in [1.29, 1.82) is 5.26 Å². The zero-order valence-corrected chi connectivity index (χ0v) is 9.72. The molecule has 0 amide bonds. The van der Waals surface area contributed by atoms with Crippen molar-refractivity contribution in [3.8, 4) is 11.8 Å². The Morgan fingerprint density at radius 3 is 3.00 bits per heavy atom. The molecular weight excluding hydrogens is 242 g/mol.